The molecule has 1 fully saturated rings. The van der Waals surface area contributed by atoms with E-state index in [2.05, 4.69) is 123 Å². The second-order valence-corrected chi connectivity index (χ2v) is 14.0. The molecule has 0 heterocycles. The maximum atomic E-state index is 10.1. The number of hydrogen-bond donors (Lipinski definition) is 2. The van der Waals surface area contributed by atoms with E-state index in [1.165, 1.54) is 28.7 Å². The Bertz CT molecular complexity index is 994. The van der Waals surface area contributed by atoms with Gasteiger partial charge in [-0.15, -0.1) is 0 Å². The van der Waals surface area contributed by atoms with E-state index in [0.717, 1.165) is 38.5 Å². The molecule has 2 nitrogen and oxygen atoms in total. The summed E-state index contributed by atoms with van der Waals surface area (Å²) in [7, 11) is 0. The van der Waals surface area contributed by atoms with Crippen LogP contribution in [0, 0.1) is 28.6 Å². The van der Waals surface area contributed by atoms with Gasteiger partial charge in [-0.1, -0.05) is 119 Å². The van der Waals surface area contributed by atoms with Gasteiger partial charge in [0, 0.05) is 0 Å². The summed E-state index contributed by atoms with van der Waals surface area (Å²) in [4.78, 5) is 0. The van der Waals surface area contributed by atoms with Crippen molar-refractivity contribution in [2.45, 2.75) is 119 Å². The van der Waals surface area contributed by atoms with Gasteiger partial charge < -0.3 is 10.2 Å². The molecule has 0 bridgehead atoms. The summed E-state index contributed by atoms with van der Waals surface area (Å²) in [6.07, 6.45) is 28.5. The van der Waals surface area contributed by atoms with Crippen molar-refractivity contribution in [2.24, 2.45) is 28.6 Å². The highest BCUT2D eigenvalue weighted by Gasteiger charge is 2.39. The first-order valence-corrected chi connectivity index (χ1v) is 15.3. The summed E-state index contributed by atoms with van der Waals surface area (Å²) < 4.78 is 0. The van der Waals surface area contributed by atoms with Crippen LogP contribution < -0.4 is 0 Å². The van der Waals surface area contributed by atoms with Gasteiger partial charge in [-0.2, -0.15) is 0 Å². The Morgan fingerprint density at radius 3 is 2.36 bits per heavy atom. The third-order valence-corrected chi connectivity index (χ3v) is 8.98. The van der Waals surface area contributed by atoms with Crippen molar-refractivity contribution < 1.29 is 10.2 Å². The minimum Gasteiger partial charge on any atom is -0.393 e. The van der Waals surface area contributed by atoms with Gasteiger partial charge in [0.05, 0.1) is 12.2 Å². The SMILES string of the molecule is CC(C=CC=C(C)CC[C@H]1C(C)C[C@@H](O)CC1(C)C)=CC=CC=CCC(C)C=CC1=C(C)C[C@@H](O)CC1(C)C. The molecule has 2 aliphatic carbocycles. The highest BCUT2D eigenvalue weighted by molar-refractivity contribution is 5.34. The number of hydrogen-bond acceptors (Lipinski definition) is 2. The van der Waals surface area contributed by atoms with Gasteiger partial charge in [-0.05, 0) is 99.9 Å². The molecule has 5 atom stereocenters. The minimum absolute atomic E-state index is 0.0415. The van der Waals surface area contributed by atoms with Gasteiger partial charge in [0.1, 0.15) is 0 Å². The Morgan fingerprint density at radius 1 is 0.974 bits per heavy atom. The first-order valence-electron chi connectivity index (χ1n) is 15.3. The van der Waals surface area contributed by atoms with Crippen LogP contribution in [0.15, 0.2) is 83.1 Å². The van der Waals surface area contributed by atoms with Crippen LogP contribution in [0.3, 0.4) is 0 Å². The molecule has 2 unspecified atom stereocenters. The lowest BCUT2D eigenvalue weighted by atomic mass is 9.61. The fourth-order valence-electron chi connectivity index (χ4n) is 6.93. The van der Waals surface area contributed by atoms with E-state index in [9.17, 15) is 10.2 Å². The van der Waals surface area contributed by atoms with Gasteiger partial charge in [0.2, 0.25) is 0 Å². The molecule has 0 spiro atoms. The number of rotatable bonds is 11. The van der Waals surface area contributed by atoms with Crippen LogP contribution >= 0.6 is 0 Å². The Kier molecular flexibility index (Phi) is 13.0. The van der Waals surface area contributed by atoms with E-state index in [-0.39, 0.29) is 23.0 Å². The zero-order valence-corrected chi connectivity index (χ0v) is 26.5. The Labute approximate surface area is 241 Å². The van der Waals surface area contributed by atoms with Crippen LogP contribution in [0.5, 0.6) is 0 Å². The van der Waals surface area contributed by atoms with Crippen molar-refractivity contribution in [1.29, 1.82) is 0 Å². The van der Waals surface area contributed by atoms with Crippen molar-refractivity contribution in [2.75, 3.05) is 0 Å². The fraction of sp³-hybridized carbons (Fsp3) is 0.622. The van der Waals surface area contributed by atoms with E-state index >= 15 is 0 Å². The topological polar surface area (TPSA) is 40.5 Å². The zero-order valence-electron chi connectivity index (χ0n) is 26.5. The smallest absolute Gasteiger partial charge is 0.0585 e. The standard InChI is InChI=1S/C37H58O2/c1-27(17-14-18-29(3)20-22-35-31(5)24-33(39)26-37(35,8)9)15-12-10-11-13-16-28(2)19-21-34-30(4)23-32(38)25-36(34,6)7/h10-15,17-19,21,28,31-33,35,38-39H,16,20,22-26H2,1-9H3/t28?,31?,32-,33-,35+/m1/s1. The Balaban J connectivity index is 1.77. The molecule has 0 saturated heterocycles. The average Bonchev–Trinajstić information content (AvgIpc) is 2.78. The van der Waals surface area contributed by atoms with Gasteiger partial charge >= 0.3 is 0 Å². The van der Waals surface area contributed by atoms with Crippen LogP contribution in [0.1, 0.15) is 107 Å². The third kappa shape index (κ3) is 11.2. The first-order chi connectivity index (χ1) is 18.2. The van der Waals surface area contributed by atoms with Crippen molar-refractivity contribution >= 4 is 0 Å². The summed E-state index contributed by atoms with van der Waals surface area (Å²) in [6.45, 7) is 20.2. The average molecular weight is 535 g/mol. The molecular formula is C37H58O2. The van der Waals surface area contributed by atoms with Crippen LogP contribution in [-0.4, -0.2) is 22.4 Å². The Hall–Kier alpha value is -1.90. The molecule has 0 aromatic heterocycles. The summed E-state index contributed by atoms with van der Waals surface area (Å²) in [5.74, 6) is 1.74. The monoisotopic (exact) mass is 534 g/mol. The zero-order chi connectivity index (χ0) is 29.2. The largest absolute Gasteiger partial charge is 0.393 e. The molecule has 0 radical (unpaired) electrons. The van der Waals surface area contributed by atoms with Gasteiger partial charge in [-0.3, -0.25) is 0 Å². The number of aliphatic hydroxyl groups is 2. The van der Waals surface area contributed by atoms with E-state index in [1.54, 1.807) is 0 Å². The second-order valence-electron chi connectivity index (χ2n) is 14.0. The predicted molar refractivity (Wildman–Crippen MR) is 170 cm³/mol. The minimum atomic E-state index is -0.205. The van der Waals surface area contributed by atoms with Gasteiger partial charge in [0.25, 0.3) is 0 Å². The van der Waals surface area contributed by atoms with Crippen molar-refractivity contribution in [1.82, 2.24) is 0 Å². The van der Waals surface area contributed by atoms with Crippen LogP contribution in [-0.2, 0) is 0 Å². The van der Waals surface area contributed by atoms with E-state index in [0.29, 0.717) is 17.8 Å². The Morgan fingerprint density at radius 2 is 1.69 bits per heavy atom. The van der Waals surface area contributed by atoms with Crippen molar-refractivity contribution in [3.63, 3.8) is 0 Å². The lowest BCUT2D eigenvalue weighted by Gasteiger charge is -2.45. The lowest BCUT2D eigenvalue weighted by molar-refractivity contribution is -0.0150. The second kappa shape index (κ2) is 15.2. The first kappa shape index (κ1) is 33.3. The molecule has 218 valence electrons. The maximum absolute atomic E-state index is 10.1. The molecule has 0 aliphatic heterocycles. The highest BCUT2D eigenvalue weighted by atomic mass is 16.3. The number of allylic oxidation sites excluding steroid dienone is 13. The lowest BCUT2D eigenvalue weighted by Crippen LogP contribution is -2.39. The van der Waals surface area contributed by atoms with E-state index in [4.69, 9.17) is 0 Å². The summed E-state index contributed by atoms with van der Waals surface area (Å²) >= 11 is 0. The van der Waals surface area contributed by atoms with E-state index in [1.807, 2.05) is 0 Å². The maximum Gasteiger partial charge on any atom is 0.0585 e. The molecule has 0 amide bonds. The van der Waals surface area contributed by atoms with Crippen molar-refractivity contribution in [3.05, 3.63) is 83.1 Å². The summed E-state index contributed by atoms with van der Waals surface area (Å²) in [6, 6.07) is 0. The van der Waals surface area contributed by atoms with E-state index < -0.39 is 0 Å². The highest BCUT2D eigenvalue weighted by Crippen LogP contribution is 2.46. The molecule has 0 aromatic carbocycles. The van der Waals surface area contributed by atoms with Crippen LogP contribution in [0.25, 0.3) is 0 Å². The predicted octanol–water partition coefficient (Wildman–Crippen LogP) is 9.84. The van der Waals surface area contributed by atoms with Gasteiger partial charge in [0.15, 0.2) is 0 Å². The van der Waals surface area contributed by atoms with Crippen LogP contribution in [0.2, 0.25) is 0 Å². The van der Waals surface area contributed by atoms with Crippen molar-refractivity contribution in [3.8, 4) is 0 Å². The third-order valence-electron chi connectivity index (χ3n) is 8.98. The van der Waals surface area contributed by atoms with Gasteiger partial charge in [-0.25, -0.2) is 0 Å². The molecule has 2 rings (SSSR count). The molecule has 1 saturated carbocycles. The molecular weight excluding hydrogens is 476 g/mol. The summed E-state index contributed by atoms with van der Waals surface area (Å²) in [5, 5.41) is 20.2. The fourth-order valence-corrected chi connectivity index (χ4v) is 6.93. The molecule has 2 heteroatoms. The molecule has 2 N–H and O–H groups in total. The molecule has 2 aliphatic rings. The number of aliphatic hydroxyl groups excluding tert-OH is 2. The normalized spacial score (nSPS) is 29.4. The quantitative estimate of drug-likeness (QED) is 0.259. The summed E-state index contributed by atoms with van der Waals surface area (Å²) in [5.41, 5.74) is 5.63. The molecule has 0 aromatic rings. The van der Waals surface area contributed by atoms with Crippen LogP contribution in [0.4, 0.5) is 0 Å². The molecule has 39 heavy (non-hydrogen) atoms.